The molecule has 2 rings (SSSR count). The van der Waals surface area contributed by atoms with Gasteiger partial charge in [-0.1, -0.05) is 15.9 Å². The molecule has 0 spiro atoms. The molecule has 8 heteroatoms. The quantitative estimate of drug-likeness (QED) is 0.657. The van der Waals surface area contributed by atoms with Crippen LogP contribution in [0.5, 0.6) is 0 Å². The second-order valence-corrected chi connectivity index (χ2v) is 9.81. The Labute approximate surface area is 173 Å². The highest BCUT2D eigenvalue weighted by atomic mass is 79.9. The first-order valence-corrected chi connectivity index (χ1v) is 10.1. The van der Waals surface area contributed by atoms with Gasteiger partial charge in [-0.3, -0.25) is 4.90 Å². The number of amides is 1. The maximum absolute atomic E-state index is 13.7. The van der Waals surface area contributed by atoms with Gasteiger partial charge < -0.3 is 14.6 Å². The van der Waals surface area contributed by atoms with Crippen LogP contribution in [0.15, 0.2) is 18.2 Å². The largest absolute Gasteiger partial charge is 0.444 e. The van der Waals surface area contributed by atoms with Crippen molar-refractivity contribution in [1.29, 1.82) is 0 Å². The molecule has 0 aliphatic carbocycles. The molecule has 1 aromatic rings. The van der Waals surface area contributed by atoms with Crippen LogP contribution < -0.4 is 0 Å². The Morgan fingerprint density at radius 3 is 2.39 bits per heavy atom. The Hall–Kier alpha value is -1.25. The number of alkyl halides is 1. The van der Waals surface area contributed by atoms with Crippen molar-refractivity contribution in [3.63, 3.8) is 0 Å². The molecule has 0 saturated carbocycles. The van der Waals surface area contributed by atoms with Crippen molar-refractivity contribution in [2.45, 2.75) is 75.8 Å². The van der Waals surface area contributed by atoms with E-state index in [4.69, 9.17) is 9.47 Å². The average molecular weight is 464 g/mol. The fourth-order valence-electron chi connectivity index (χ4n) is 3.46. The number of nitrogens with zero attached hydrogens (tertiary/aromatic N) is 1. The number of hydrogen-bond acceptors (Lipinski definition) is 4. The third-order valence-corrected chi connectivity index (χ3v) is 5.09. The van der Waals surface area contributed by atoms with Crippen molar-refractivity contribution < 1.29 is 28.2 Å². The van der Waals surface area contributed by atoms with Gasteiger partial charge in [-0.05, 0) is 65.2 Å². The molecule has 3 atom stereocenters. The SMILES string of the molecule is CC(C)(C)OC(=O)N1[C@@H](Cc2cc(F)cc(F)c2)[C@@H](CC(Br)CO)OC1(C)C. The van der Waals surface area contributed by atoms with Crippen LogP contribution in [0.3, 0.4) is 0 Å². The van der Waals surface area contributed by atoms with Gasteiger partial charge in [0.05, 0.1) is 18.8 Å². The Morgan fingerprint density at radius 2 is 1.89 bits per heavy atom. The molecule has 1 heterocycles. The summed E-state index contributed by atoms with van der Waals surface area (Å²) in [6.45, 7) is 8.70. The summed E-state index contributed by atoms with van der Waals surface area (Å²) >= 11 is 3.38. The highest BCUT2D eigenvalue weighted by Gasteiger charge is 2.51. The van der Waals surface area contributed by atoms with Crippen LogP contribution in [0, 0.1) is 11.6 Å². The van der Waals surface area contributed by atoms with Crippen LogP contribution in [-0.4, -0.2) is 51.0 Å². The first-order valence-electron chi connectivity index (χ1n) is 9.22. The number of ether oxygens (including phenoxy) is 2. The van der Waals surface area contributed by atoms with E-state index in [2.05, 4.69) is 15.9 Å². The van der Waals surface area contributed by atoms with Crippen LogP contribution in [-0.2, 0) is 15.9 Å². The van der Waals surface area contributed by atoms with E-state index in [0.717, 1.165) is 6.07 Å². The van der Waals surface area contributed by atoms with Crippen molar-refractivity contribution in [3.05, 3.63) is 35.4 Å². The molecule has 0 bridgehead atoms. The number of aliphatic hydroxyl groups excluding tert-OH is 1. The van der Waals surface area contributed by atoms with Crippen molar-refractivity contribution in [2.24, 2.45) is 0 Å². The number of rotatable bonds is 5. The maximum atomic E-state index is 13.7. The van der Waals surface area contributed by atoms with Gasteiger partial charge in [-0.25, -0.2) is 13.6 Å². The third-order valence-electron chi connectivity index (χ3n) is 4.42. The molecule has 28 heavy (non-hydrogen) atoms. The van der Waals surface area contributed by atoms with Crippen LogP contribution in [0.25, 0.3) is 0 Å². The molecule has 1 aromatic carbocycles. The number of halogens is 3. The molecule has 1 amide bonds. The lowest BCUT2D eigenvalue weighted by molar-refractivity contribution is -0.0801. The molecule has 158 valence electrons. The van der Waals surface area contributed by atoms with Crippen molar-refractivity contribution >= 4 is 22.0 Å². The molecule has 1 aliphatic rings. The average Bonchev–Trinajstić information content (AvgIpc) is 2.74. The van der Waals surface area contributed by atoms with Gasteiger partial charge in [0.25, 0.3) is 0 Å². The fraction of sp³-hybridized carbons (Fsp3) is 0.650. The molecule has 0 aromatic heterocycles. The molecule has 1 N–H and O–H groups in total. The summed E-state index contributed by atoms with van der Waals surface area (Å²) in [6, 6.07) is 2.78. The summed E-state index contributed by atoms with van der Waals surface area (Å²) in [6.07, 6.45) is -0.406. The lowest BCUT2D eigenvalue weighted by Gasteiger charge is -2.35. The van der Waals surface area contributed by atoms with Crippen LogP contribution in [0.1, 0.15) is 46.6 Å². The first kappa shape index (κ1) is 23.0. The Bertz CT molecular complexity index is 688. The minimum atomic E-state index is -0.980. The molecular formula is C20H28BrF2NO4. The van der Waals surface area contributed by atoms with Crippen LogP contribution in [0.4, 0.5) is 13.6 Å². The predicted octanol–water partition coefficient (Wildman–Crippen LogP) is 4.39. The number of hydrogen-bond donors (Lipinski definition) is 1. The van der Waals surface area contributed by atoms with E-state index in [-0.39, 0.29) is 17.9 Å². The summed E-state index contributed by atoms with van der Waals surface area (Å²) in [5, 5.41) is 9.40. The Kier molecular flexibility index (Phi) is 7.10. The van der Waals surface area contributed by atoms with E-state index >= 15 is 0 Å². The van der Waals surface area contributed by atoms with Crippen LogP contribution in [0.2, 0.25) is 0 Å². The third kappa shape index (κ3) is 5.87. The topological polar surface area (TPSA) is 59.0 Å². The van der Waals surface area contributed by atoms with E-state index in [1.165, 1.54) is 17.0 Å². The van der Waals surface area contributed by atoms with Gasteiger partial charge in [0.2, 0.25) is 0 Å². The Morgan fingerprint density at radius 1 is 1.32 bits per heavy atom. The molecule has 5 nitrogen and oxygen atoms in total. The monoisotopic (exact) mass is 463 g/mol. The first-order chi connectivity index (χ1) is 12.8. The van der Waals surface area contributed by atoms with E-state index < -0.39 is 41.2 Å². The van der Waals surface area contributed by atoms with Crippen LogP contribution >= 0.6 is 15.9 Å². The normalized spacial score (nSPS) is 23.0. The van der Waals surface area contributed by atoms with Gasteiger partial charge in [-0.15, -0.1) is 0 Å². The number of carbonyl (C=O) groups is 1. The van der Waals surface area contributed by atoms with Gasteiger partial charge in [0, 0.05) is 10.9 Å². The second kappa shape index (κ2) is 8.63. The summed E-state index contributed by atoms with van der Waals surface area (Å²) in [5.41, 5.74) is -1.27. The van der Waals surface area contributed by atoms with Crippen molar-refractivity contribution in [3.8, 4) is 0 Å². The maximum Gasteiger partial charge on any atom is 0.412 e. The lowest BCUT2D eigenvalue weighted by Crippen LogP contribution is -2.51. The van der Waals surface area contributed by atoms with Crippen molar-refractivity contribution in [1.82, 2.24) is 4.90 Å². The molecule has 0 radical (unpaired) electrons. The van der Waals surface area contributed by atoms with Crippen molar-refractivity contribution in [2.75, 3.05) is 6.61 Å². The summed E-state index contributed by atoms with van der Waals surface area (Å²) in [7, 11) is 0. The second-order valence-electron chi connectivity index (χ2n) is 8.52. The van der Waals surface area contributed by atoms with Gasteiger partial charge in [0.1, 0.15) is 23.0 Å². The molecule has 1 saturated heterocycles. The van der Waals surface area contributed by atoms with E-state index in [1.807, 2.05) is 0 Å². The summed E-state index contributed by atoms with van der Waals surface area (Å²) < 4.78 is 39.0. The van der Waals surface area contributed by atoms with Gasteiger partial charge in [0.15, 0.2) is 0 Å². The zero-order valence-electron chi connectivity index (χ0n) is 16.8. The van der Waals surface area contributed by atoms with Gasteiger partial charge >= 0.3 is 6.09 Å². The minimum Gasteiger partial charge on any atom is -0.444 e. The zero-order chi connectivity index (χ0) is 21.3. The number of aliphatic hydroxyl groups is 1. The molecule has 1 aliphatic heterocycles. The van der Waals surface area contributed by atoms with E-state index in [9.17, 15) is 18.7 Å². The van der Waals surface area contributed by atoms with E-state index in [0.29, 0.717) is 12.0 Å². The highest BCUT2D eigenvalue weighted by molar-refractivity contribution is 9.09. The zero-order valence-corrected chi connectivity index (χ0v) is 18.4. The predicted molar refractivity (Wildman–Crippen MR) is 105 cm³/mol. The number of carbonyl (C=O) groups excluding carboxylic acids is 1. The van der Waals surface area contributed by atoms with Gasteiger partial charge in [-0.2, -0.15) is 0 Å². The molecule has 1 unspecified atom stereocenters. The summed E-state index contributed by atoms with van der Waals surface area (Å²) in [5.74, 6) is -1.36. The standard InChI is InChI=1S/C20H28BrF2NO4/c1-19(2,3)28-18(26)24-16(8-12-6-14(22)10-15(23)7-12)17(9-13(21)11-25)27-20(24,4)5/h6-7,10,13,16-17,25H,8-9,11H2,1-5H3/t13?,16-,17+/m0/s1. The number of benzene rings is 1. The minimum absolute atomic E-state index is 0.103. The lowest BCUT2D eigenvalue weighted by atomic mass is 9.97. The molecular weight excluding hydrogens is 436 g/mol. The molecule has 1 fully saturated rings. The fourth-order valence-corrected chi connectivity index (χ4v) is 3.83. The summed E-state index contributed by atoms with van der Waals surface area (Å²) in [4.78, 5) is 14.2. The highest BCUT2D eigenvalue weighted by Crippen LogP contribution is 2.38. The van der Waals surface area contributed by atoms with E-state index in [1.54, 1.807) is 34.6 Å². The Balaban J connectivity index is 2.38. The smallest absolute Gasteiger partial charge is 0.412 e.